The molecule has 0 radical (unpaired) electrons. The van der Waals surface area contributed by atoms with Crippen LogP contribution in [-0.2, 0) is 16.1 Å². The first kappa shape index (κ1) is 13.6. The molecular formula is C11H19N3O3. The highest BCUT2D eigenvalue weighted by Gasteiger charge is 2.14. The van der Waals surface area contributed by atoms with Crippen molar-refractivity contribution < 1.29 is 13.9 Å². The van der Waals surface area contributed by atoms with Crippen LogP contribution in [0.5, 0.6) is 0 Å². The number of hydrogen-bond acceptors (Lipinski definition) is 6. The second kappa shape index (κ2) is 7.01. The summed E-state index contributed by atoms with van der Waals surface area (Å²) in [5, 5.41) is 7.67. The summed E-state index contributed by atoms with van der Waals surface area (Å²) in [6.07, 6.45) is 0.951. The first-order valence-electron chi connectivity index (χ1n) is 5.82. The molecule has 1 aromatic rings. The molecule has 0 aromatic carbocycles. The lowest BCUT2D eigenvalue weighted by Gasteiger charge is -2.18. The van der Waals surface area contributed by atoms with Gasteiger partial charge >= 0.3 is 5.97 Å². The average Bonchev–Trinajstić information content (AvgIpc) is 2.64. The Morgan fingerprint density at radius 2 is 2.18 bits per heavy atom. The molecule has 17 heavy (non-hydrogen) atoms. The van der Waals surface area contributed by atoms with Gasteiger partial charge in [-0.3, -0.25) is 9.69 Å². The van der Waals surface area contributed by atoms with Gasteiger partial charge in [-0.2, -0.15) is 0 Å². The van der Waals surface area contributed by atoms with Gasteiger partial charge in [-0.15, -0.1) is 10.2 Å². The maximum absolute atomic E-state index is 11.4. The minimum absolute atomic E-state index is 0.225. The van der Waals surface area contributed by atoms with E-state index in [2.05, 4.69) is 17.1 Å². The third-order valence-electron chi connectivity index (χ3n) is 2.12. The molecule has 0 aliphatic heterocycles. The SMILES string of the molecule is CCCN(CC(=O)OCC)Cc1nnc(C)o1. The fourth-order valence-corrected chi connectivity index (χ4v) is 1.51. The highest BCUT2D eigenvalue weighted by atomic mass is 16.5. The van der Waals surface area contributed by atoms with Crippen LogP contribution in [0.2, 0.25) is 0 Å². The topological polar surface area (TPSA) is 68.5 Å². The van der Waals surface area contributed by atoms with Gasteiger partial charge in [-0.05, 0) is 19.9 Å². The van der Waals surface area contributed by atoms with Gasteiger partial charge < -0.3 is 9.15 Å². The fraction of sp³-hybridized carbons (Fsp3) is 0.727. The zero-order chi connectivity index (χ0) is 12.7. The predicted octanol–water partition coefficient (Wildman–Crippen LogP) is 1.15. The van der Waals surface area contributed by atoms with Gasteiger partial charge in [0.2, 0.25) is 11.8 Å². The van der Waals surface area contributed by atoms with Crippen molar-refractivity contribution in [1.82, 2.24) is 15.1 Å². The lowest BCUT2D eigenvalue weighted by Crippen LogP contribution is -2.31. The quantitative estimate of drug-likeness (QED) is 0.667. The number of esters is 1. The fourth-order valence-electron chi connectivity index (χ4n) is 1.51. The average molecular weight is 241 g/mol. The molecule has 6 heteroatoms. The van der Waals surface area contributed by atoms with E-state index < -0.39 is 0 Å². The lowest BCUT2D eigenvalue weighted by molar-refractivity contribution is -0.144. The molecule has 1 rings (SSSR count). The Hall–Kier alpha value is -1.43. The number of rotatable bonds is 7. The molecule has 0 aliphatic rings. The molecule has 0 unspecified atom stereocenters. The number of aryl methyl sites for hydroxylation is 1. The van der Waals surface area contributed by atoms with Crippen LogP contribution in [-0.4, -0.2) is 40.8 Å². The van der Waals surface area contributed by atoms with E-state index in [1.165, 1.54) is 0 Å². The second-order valence-corrected chi connectivity index (χ2v) is 3.73. The number of carbonyl (C=O) groups is 1. The van der Waals surface area contributed by atoms with Crippen molar-refractivity contribution >= 4 is 5.97 Å². The number of aromatic nitrogens is 2. The third kappa shape index (κ3) is 4.95. The van der Waals surface area contributed by atoms with E-state index in [4.69, 9.17) is 9.15 Å². The number of carbonyl (C=O) groups excluding carboxylic acids is 1. The number of ether oxygens (including phenoxy) is 1. The minimum Gasteiger partial charge on any atom is -0.465 e. The molecule has 0 aliphatic carbocycles. The smallest absolute Gasteiger partial charge is 0.320 e. The Morgan fingerprint density at radius 3 is 2.71 bits per heavy atom. The van der Waals surface area contributed by atoms with Crippen LogP contribution in [0.4, 0.5) is 0 Å². The maximum Gasteiger partial charge on any atom is 0.320 e. The van der Waals surface area contributed by atoms with E-state index >= 15 is 0 Å². The van der Waals surface area contributed by atoms with Crippen LogP contribution in [0.3, 0.4) is 0 Å². The van der Waals surface area contributed by atoms with Crippen molar-refractivity contribution in [1.29, 1.82) is 0 Å². The molecule has 0 fully saturated rings. The highest BCUT2D eigenvalue weighted by Crippen LogP contribution is 2.04. The standard InChI is InChI=1S/C11H19N3O3/c1-4-6-14(8-11(15)16-5-2)7-10-13-12-9(3)17-10/h4-8H2,1-3H3. The van der Waals surface area contributed by atoms with Gasteiger partial charge in [0.1, 0.15) is 0 Å². The molecular weight excluding hydrogens is 222 g/mol. The predicted molar refractivity (Wildman–Crippen MR) is 61.2 cm³/mol. The van der Waals surface area contributed by atoms with Gasteiger partial charge in [-0.25, -0.2) is 0 Å². The summed E-state index contributed by atoms with van der Waals surface area (Å²) in [7, 11) is 0. The Labute approximate surface area is 101 Å². The van der Waals surface area contributed by atoms with Crippen molar-refractivity contribution in [3.63, 3.8) is 0 Å². The molecule has 6 nitrogen and oxygen atoms in total. The summed E-state index contributed by atoms with van der Waals surface area (Å²) in [5.74, 6) is 0.838. The molecule has 0 bridgehead atoms. The zero-order valence-corrected chi connectivity index (χ0v) is 10.6. The summed E-state index contributed by atoms with van der Waals surface area (Å²) in [6, 6.07) is 0. The van der Waals surface area contributed by atoms with Crippen molar-refractivity contribution in [3.05, 3.63) is 11.8 Å². The van der Waals surface area contributed by atoms with Gasteiger partial charge in [0.25, 0.3) is 0 Å². The molecule has 0 saturated heterocycles. The van der Waals surface area contributed by atoms with Crippen LogP contribution < -0.4 is 0 Å². The van der Waals surface area contributed by atoms with Crippen LogP contribution in [0, 0.1) is 6.92 Å². The van der Waals surface area contributed by atoms with E-state index in [9.17, 15) is 4.79 Å². The molecule has 1 heterocycles. The van der Waals surface area contributed by atoms with Crippen LogP contribution in [0.1, 0.15) is 32.0 Å². The lowest BCUT2D eigenvalue weighted by atomic mass is 10.4. The van der Waals surface area contributed by atoms with E-state index in [0.29, 0.717) is 24.9 Å². The summed E-state index contributed by atoms with van der Waals surface area (Å²) >= 11 is 0. The van der Waals surface area contributed by atoms with E-state index in [1.807, 2.05) is 4.90 Å². The van der Waals surface area contributed by atoms with Crippen molar-refractivity contribution in [2.45, 2.75) is 33.7 Å². The van der Waals surface area contributed by atoms with Gasteiger partial charge in [0.05, 0.1) is 19.7 Å². The maximum atomic E-state index is 11.4. The van der Waals surface area contributed by atoms with Crippen molar-refractivity contribution in [2.75, 3.05) is 19.7 Å². The van der Waals surface area contributed by atoms with Crippen molar-refractivity contribution in [2.24, 2.45) is 0 Å². The van der Waals surface area contributed by atoms with Gasteiger partial charge in [0.15, 0.2) is 0 Å². The number of nitrogens with zero attached hydrogens (tertiary/aromatic N) is 3. The molecule has 0 saturated carbocycles. The first-order valence-corrected chi connectivity index (χ1v) is 5.82. The van der Waals surface area contributed by atoms with Crippen LogP contribution in [0.15, 0.2) is 4.42 Å². The summed E-state index contributed by atoms with van der Waals surface area (Å²) in [6.45, 7) is 7.52. The van der Waals surface area contributed by atoms with E-state index in [0.717, 1.165) is 13.0 Å². The number of hydrogen-bond donors (Lipinski definition) is 0. The molecule has 96 valence electrons. The molecule has 0 amide bonds. The van der Waals surface area contributed by atoms with Gasteiger partial charge in [0, 0.05) is 6.92 Å². The Bertz CT molecular complexity index is 351. The Morgan fingerprint density at radius 1 is 1.41 bits per heavy atom. The molecule has 1 aromatic heterocycles. The molecule has 0 atom stereocenters. The molecule has 0 spiro atoms. The monoisotopic (exact) mass is 241 g/mol. The Balaban J connectivity index is 2.50. The largest absolute Gasteiger partial charge is 0.465 e. The van der Waals surface area contributed by atoms with Crippen molar-refractivity contribution in [3.8, 4) is 0 Å². The van der Waals surface area contributed by atoms with Crippen LogP contribution >= 0.6 is 0 Å². The van der Waals surface area contributed by atoms with E-state index in [1.54, 1.807) is 13.8 Å². The first-order chi connectivity index (χ1) is 8.15. The van der Waals surface area contributed by atoms with Gasteiger partial charge in [-0.1, -0.05) is 6.92 Å². The third-order valence-corrected chi connectivity index (χ3v) is 2.12. The van der Waals surface area contributed by atoms with Crippen LogP contribution in [0.25, 0.3) is 0 Å². The normalized spacial score (nSPS) is 10.8. The summed E-state index contributed by atoms with van der Waals surface area (Å²) in [5.41, 5.74) is 0. The minimum atomic E-state index is -0.225. The Kier molecular flexibility index (Phi) is 5.62. The zero-order valence-electron chi connectivity index (χ0n) is 10.6. The summed E-state index contributed by atoms with van der Waals surface area (Å²) in [4.78, 5) is 13.3. The molecule has 0 N–H and O–H groups in total. The second-order valence-electron chi connectivity index (χ2n) is 3.73. The summed E-state index contributed by atoms with van der Waals surface area (Å²) < 4.78 is 10.2. The van der Waals surface area contributed by atoms with E-state index in [-0.39, 0.29) is 12.5 Å². The highest BCUT2D eigenvalue weighted by molar-refractivity contribution is 5.71.